The highest BCUT2D eigenvalue weighted by Gasteiger charge is 2.45. The number of imide groups is 1. The standard InChI is InChI=1S/C93H159N9O34S/c1-16-60(6)86(100(12)92(122)84(58(2)3)98-90(120)85(59(4)5)99(10)11)72(124-13)43-76(112)101-39-26-31-71(101)87(125-14)61(7)88(118)97-70(42-64-28-19-17-20-29-64)89(119)95-36-27-40-127-93(123)62(8)96-75(111)32-22-23-34-79(116)129-55-68(57-132-83(52-109)135-67(48-105)53-131-82(51-108)134-66(46-103)47-104)133-73(49-106)63(9)128-54-69(56-130-80(117)35-25-33-78(114)115)136-81(50-107)126-41-37-94-45-65(110)30-21-18-24-38-102-77(113)44-74(137-15)91(102)121/h17,19-20,28-29,58-63,66-74,81-87,94,103-109H,16,18,21-27,30-57H2,1-15H3,(H,95,119)(H,96,111)(H,97,118)(H,98,120)(H,114,115)/t60-,61+,62?,63?,67?,68?,69?,70-,71-,72+,73?,74?,81?,82?,83?,84-,85-,86-,87+/m0/s1. The number of likely N-dealkylation sites (tertiary alicyclic amines) is 2. The zero-order chi connectivity index (χ0) is 102. The van der Waals surface area contributed by atoms with Gasteiger partial charge in [0.25, 0.3) is 0 Å². The fourth-order valence-corrected chi connectivity index (χ4v) is 16.3. The number of ketones is 1. The molecule has 2 aliphatic heterocycles. The minimum atomic E-state index is -1.55. The Labute approximate surface area is 809 Å². The van der Waals surface area contributed by atoms with Crippen molar-refractivity contribution in [3.8, 4) is 0 Å². The molecule has 13 N–H and O–H groups in total. The molecule has 0 saturated carbocycles. The third-order valence-electron chi connectivity index (χ3n) is 23.5. The molecular formula is C93H159N9O34S. The van der Waals surface area contributed by atoms with Crippen LogP contribution in [0.15, 0.2) is 30.3 Å². The van der Waals surface area contributed by atoms with E-state index in [-0.39, 0.29) is 168 Å². The molecule has 44 heteroatoms. The van der Waals surface area contributed by atoms with Crippen LogP contribution >= 0.6 is 11.8 Å². The Morgan fingerprint density at radius 2 is 1.17 bits per heavy atom. The van der Waals surface area contributed by atoms with E-state index in [1.54, 1.807) is 42.2 Å². The maximum absolute atomic E-state index is 14.7. The van der Waals surface area contributed by atoms with Crippen molar-refractivity contribution < 1.29 is 165 Å². The summed E-state index contributed by atoms with van der Waals surface area (Å²) in [5.41, 5.74) is 0.744. The normalized spacial score (nSPS) is 17.9. The number of ether oxygens (including phenoxy) is 13. The number of rotatable bonds is 78. The lowest BCUT2D eigenvalue weighted by Gasteiger charge is -2.41. The molecule has 0 bridgehead atoms. The Hall–Kier alpha value is -7.68. The van der Waals surface area contributed by atoms with E-state index in [4.69, 9.17) is 66.7 Å². The number of methoxy groups -OCH3 is 2. The van der Waals surface area contributed by atoms with E-state index in [0.717, 1.165) is 5.56 Å². The predicted octanol–water partition coefficient (Wildman–Crippen LogP) is 0.315. The van der Waals surface area contributed by atoms with Gasteiger partial charge >= 0.3 is 23.9 Å². The van der Waals surface area contributed by atoms with E-state index in [9.17, 15) is 98.1 Å². The number of esters is 3. The first-order valence-electron chi connectivity index (χ1n) is 47.5. The highest BCUT2D eigenvalue weighted by Crippen LogP contribution is 2.31. The van der Waals surface area contributed by atoms with E-state index in [0.29, 0.717) is 51.6 Å². The molecule has 3 rings (SSSR count). The average Bonchev–Trinajstić information content (AvgIpc) is 1.72. The summed E-state index contributed by atoms with van der Waals surface area (Å²) in [5, 5.41) is 93.4. The number of carboxylic acid groups (broad SMARTS) is 1. The van der Waals surface area contributed by atoms with Gasteiger partial charge in [-0.3, -0.25) is 67.3 Å². The van der Waals surface area contributed by atoms with Crippen LogP contribution in [0.4, 0.5) is 0 Å². The third kappa shape index (κ3) is 46.3. The molecule has 2 saturated heterocycles. The van der Waals surface area contributed by atoms with E-state index in [1.807, 2.05) is 78.7 Å². The number of hydrogen-bond acceptors (Lipinski definition) is 36. The number of aliphatic hydroxyl groups excluding tert-OH is 7. The van der Waals surface area contributed by atoms with Crippen molar-refractivity contribution in [2.45, 2.75) is 287 Å². The number of nitrogens with zero attached hydrogens (tertiary/aromatic N) is 4. The molecule has 1 aromatic carbocycles. The van der Waals surface area contributed by atoms with Crippen LogP contribution in [-0.4, -0.2) is 413 Å². The molecule has 8 amide bonds. The molecule has 2 heterocycles. The van der Waals surface area contributed by atoms with Crippen molar-refractivity contribution in [3.05, 3.63) is 35.9 Å². The summed E-state index contributed by atoms with van der Waals surface area (Å²) in [6, 6.07) is 4.37. The van der Waals surface area contributed by atoms with Gasteiger partial charge in [-0.25, -0.2) is 4.79 Å². The Morgan fingerprint density at radius 1 is 0.577 bits per heavy atom. The van der Waals surface area contributed by atoms with Crippen LogP contribution < -0.4 is 26.6 Å². The Balaban J connectivity index is 1.65. The van der Waals surface area contributed by atoms with Gasteiger partial charge in [0.2, 0.25) is 47.3 Å². The largest absolute Gasteiger partial charge is 0.481 e. The molecule has 0 radical (unpaired) electrons. The predicted molar refractivity (Wildman–Crippen MR) is 498 cm³/mol. The number of hydrogen-bond donors (Lipinski definition) is 13. The van der Waals surface area contributed by atoms with Gasteiger partial charge in [-0.05, 0) is 109 Å². The first kappa shape index (κ1) is 123. The van der Waals surface area contributed by atoms with Crippen LogP contribution in [0.5, 0.6) is 0 Å². The Kier molecular flexibility index (Phi) is 62.4. The number of amides is 8. The number of nitrogens with one attached hydrogen (secondary N) is 5. The lowest BCUT2D eigenvalue weighted by atomic mass is 9.89. The Morgan fingerprint density at radius 3 is 1.74 bits per heavy atom. The van der Waals surface area contributed by atoms with Crippen LogP contribution in [0.1, 0.15) is 177 Å². The number of aliphatic carboxylic acids is 1. The van der Waals surface area contributed by atoms with E-state index < -0.39 is 231 Å². The van der Waals surface area contributed by atoms with Crippen molar-refractivity contribution in [1.29, 1.82) is 0 Å². The van der Waals surface area contributed by atoms with Crippen molar-refractivity contribution in [1.82, 2.24) is 46.2 Å². The lowest BCUT2D eigenvalue weighted by molar-refractivity contribution is -0.248. The smallest absolute Gasteiger partial charge is 0.328 e. The molecule has 0 spiro atoms. The molecule has 10 unspecified atom stereocenters. The fourth-order valence-electron chi connectivity index (χ4n) is 15.7. The second kappa shape index (κ2) is 69.2. The van der Waals surface area contributed by atoms with Crippen molar-refractivity contribution >= 4 is 88.7 Å². The van der Waals surface area contributed by atoms with Crippen LogP contribution in [-0.2, 0) is 130 Å². The second-order valence-electron chi connectivity index (χ2n) is 35.2. The van der Waals surface area contributed by atoms with Gasteiger partial charge in [0.15, 0.2) is 18.9 Å². The molecule has 43 nitrogen and oxygen atoms in total. The molecular weight excluding hydrogens is 1820 g/mol. The number of unbranched alkanes of at least 4 members (excludes halogenated alkanes) is 3. The summed E-state index contributed by atoms with van der Waals surface area (Å²) in [6.07, 6.45) is -8.13. The molecule has 0 aliphatic carbocycles. The number of carboxylic acids is 1. The van der Waals surface area contributed by atoms with Gasteiger partial charge in [-0.2, -0.15) is 11.8 Å². The topological polar surface area (TPSA) is 577 Å². The highest BCUT2D eigenvalue weighted by atomic mass is 32.2. The maximum atomic E-state index is 14.7. The van der Waals surface area contributed by atoms with E-state index >= 15 is 0 Å². The molecule has 2 aliphatic rings. The SMILES string of the molecule is CC[C@H](C)[C@@H]([C@@H](CC(=O)N1CCC[C@H]1[C@H](OC)[C@@H](C)C(=O)N[C@@H](Cc1ccccc1)C(=O)NCCCOC(=O)C(C)NC(=O)CCCCC(=O)OCC(COC(CO)OC(CO)COC(CO)OC(CO)CO)OC(CO)C(C)OCC(COC(=O)CCCC(=O)O)OC(CO)OCCNCC(=O)CCCCCN1C(=O)CC(SC)C1=O)OC)N(C)C(=O)[C@@H](NC(=O)[C@H](C(C)C)N(C)C)C(C)C. The highest BCUT2D eigenvalue weighted by molar-refractivity contribution is 8.00. The number of aliphatic hydroxyl groups is 7. The van der Waals surface area contributed by atoms with E-state index in [1.165, 1.54) is 44.7 Å². The van der Waals surface area contributed by atoms with Crippen molar-refractivity contribution in [2.75, 3.05) is 167 Å². The summed E-state index contributed by atoms with van der Waals surface area (Å²) in [4.78, 5) is 179. The van der Waals surface area contributed by atoms with Crippen LogP contribution in [0.25, 0.3) is 0 Å². The quantitative estimate of drug-likeness (QED) is 0.0137. The molecule has 19 atom stereocenters. The average molecular weight is 1980 g/mol. The summed E-state index contributed by atoms with van der Waals surface area (Å²) in [7, 11) is 8.28. The maximum Gasteiger partial charge on any atom is 0.328 e. The second-order valence-corrected chi connectivity index (χ2v) is 36.2. The molecule has 2 fully saturated rings. The van der Waals surface area contributed by atoms with Crippen molar-refractivity contribution in [3.63, 3.8) is 0 Å². The number of Topliss-reactive ketones (excluding diaryl/α,β-unsaturated/α-hetero) is 1. The lowest BCUT2D eigenvalue weighted by Crippen LogP contribution is -2.59. The number of carbonyl (C=O) groups excluding carboxylic acids is 12. The summed E-state index contributed by atoms with van der Waals surface area (Å²) in [5.74, 6) is -7.75. The summed E-state index contributed by atoms with van der Waals surface area (Å²) < 4.78 is 74.9. The molecule has 786 valence electrons. The van der Waals surface area contributed by atoms with Gasteiger partial charge in [-0.15, -0.1) is 0 Å². The molecule has 137 heavy (non-hydrogen) atoms. The minimum absolute atomic E-state index is 0.0106. The van der Waals surface area contributed by atoms with Gasteiger partial charge in [-0.1, -0.05) is 91.6 Å². The fraction of sp³-hybridized carbons (Fsp3) is 0.796. The monoisotopic (exact) mass is 1980 g/mol. The third-order valence-corrected chi connectivity index (χ3v) is 24.4. The molecule has 0 aromatic heterocycles. The van der Waals surface area contributed by atoms with Gasteiger partial charge in [0.1, 0.15) is 67.6 Å². The van der Waals surface area contributed by atoms with Crippen molar-refractivity contribution in [2.24, 2.45) is 23.7 Å². The zero-order valence-electron chi connectivity index (χ0n) is 82.6. The van der Waals surface area contributed by atoms with Crippen LogP contribution in [0, 0.1) is 23.7 Å². The van der Waals surface area contributed by atoms with Gasteiger partial charge in [0.05, 0.1) is 140 Å². The number of likely N-dealkylation sites (N-methyl/N-ethyl adjacent to an activating group) is 2. The first-order valence-corrected chi connectivity index (χ1v) is 48.8. The first-order chi connectivity index (χ1) is 65.3. The zero-order valence-corrected chi connectivity index (χ0v) is 83.5. The summed E-state index contributed by atoms with van der Waals surface area (Å²) >= 11 is 1.34. The van der Waals surface area contributed by atoms with E-state index in [2.05, 4.69) is 26.6 Å². The number of thioether (sulfide) groups is 1. The number of benzene rings is 1. The molecule has 1 aromatic rings. The minimum Gasteiger partial charge on any atom is -0.481 e. The van der Waals surface area contributed by atoms with Crippen LogP contribution in [0.2, 0.25) is 0 Å². The number of carbonyl (C=O) groups is 13. The summed E-state index contributed by atoms with van der Waals surface area (Å²) in [6.45, 7) is 9.10. The van der Waals surface area contributed by atoms with Gasteiger partial charge in [0, 0.05) is 92.4 Å². The Bertz CT molecular complexity index is 3690. The van der Waals surface area contributed by atoms with Gasteiger partial charge < -0.3 is 139 Å². The van der Waals surface area contributed by atoms with Crippen LogP contribution in [0.3, 0.4) is 0 Å².